The molecule has 0 aromatic rings. The predicted molar refractivity (Wildman–Crippen MR) is 63.7 cm³/mol. The Morgan fingerprint density at radius 1 is 1.12 bits per heavy atom. The second kappa shape index (κ2) is 5.52. The highest BCUT2D eigenvalue weighted by atomic mass is 16.4. The molecule has 0 aliphatic heterocycles. The zero-order valence-electron chi connectivity index (χ0n) is 10.6. The van der Waals surface area contributed by atoms with Crippen molar-refractivity contribution in [3.8, 4) is 0 Å². The molecule has 1 saturated carbocycles. The Morgan fingerprint density at radius 3 is 1.82 bits per heavy atom. The average Bonchev–Trinajstić information content (AvgIpc) is 2.78. The fourth-order valence-corrected chi connectivity index (χ4v) is 3.57. The minimum absolute atomic E-state index is 0.245. The number of carboxylic acids is 2. The third kappa shape index (κ3) is 2.45. The molecular formula is C13H22O4. The van der Waals surface area contributed by atoms with Crippen molar-refractivity contribution in [2.75, 3.05) is 0 Å². The van der Waals surface area contributed by atoms with Crippen molar-refractivity contribution < 1.29 is 19.8 Å². The number of carbonyl (C=O) groups is 2. The van der Waals surface area contributed by atoms with Crippen molar-refractivity contribution in [2.24, 2.45) is 17.3 Å². The van der Waals surface area contributed by atoms with E-state index in [9.17, 15) is 19.8 Å². The molecule has 0 spiro atoms. The van der Waals surface area contributed by atoms with Crippen molar-refractivity contribution in [3.63, 3.8) is 0 Å². The second-order valence-electron chi connectivity index (χ2n) is 5.03. The van der Waals surface area contributed by atoms with E-state index < -0.39 is 23.3 Å². The van der Waals surface area contributed by atoms with Crippen molar-refractivity contribution in [3.05, 3.63) is 0 Å². The van der Waals surface area contributed by atoms with E-state index >= 15 is 0 Å². The van der Waals surface area contributed by atoms with E-state index in [2.05, 4.69) is 0 Å². The largest absolute Gasteiger partial charge is 0.481 e. The van der Waals surface area contributed by atoms with Crippen LogP contribution >= 0.6 is 0 Å². The lowest BCUT2D eigenvalue weighted by atomic mass is 9.62. The second-order valence-corrected chi connectivity index (χ2v) is 5.03. The molecule has 0 radical (unpaired) electrons. The van der Waals surface area contributed by atoms with E-state index in [1.165, 1.54) is 0 Å². The summed E-state index contributed by atoms with van der Waals surface area (Å²) < 4.78 is 0. The maximum absolute atomic E-state index is 11.3. The van der Waals surface area contributed by atoms with Gasteiger partial charge in [0.15, 0.2) is 5.92 Å². The number of rotatable bonds is 6. The fourth-order valence-electron chi connectivity index (χ4n) is 3.57. The van der Waals surface area contributed by atoms with Crippen LogP contribution in [-0.2, 0) is 9.59 Å². The van der Waals surface area contributed by atoms with E-state index in [0.29, 0.717) is 12.8 Å². The van der Waals surface area contributed by atoms with Gasteiger partial charge in [0.25, 0.3) is 0 Å². The molecule has 0 heterocycles. The monoisotopic (exact) mass is 242 g/mol. The topological polar surface area (TPSA) is 74.6 Å². The van der Waals surface area contributed by atoms with Crippen molar-refractivity contribution in [2.45, 2.75) is 52.4 Å². The van der Waals surface area contributed by atoms with Crippen molar-refractivity contribution in [1.29, 1.82) is 0 Å². The summed E-state index contributed by atoms with van der Waals surface area (Å²) in [6.07, 6.45) is 5.38. The zero-order valence-corrected chi connectivity index (χ0v) is 10.6. The Bertz CT molecular complexity index is 274. The van der Waals surface area contributed by atoms with Crippen LogP contribution in [-0.4, -0.2) is 22.2 Å². The molecule has 98 valence electrons. The molecule has 1 aliphatic carbocycles. The maximum Gasteiger partial charge on any atom is 0.318 e. The molecule has 0 unspecified atom stereocenters. The smallest absolute Gasteiger partial charge is 0.318 e. The van der Waals surface area contributed by atoms with Gasteiger partial charge < -0.3 is 10.2 Å². The quantitative estimate of drug-likeness (QED) is 0.702. The van der Waals surface area contributed by atoms with Gasteiger partial charge in [0.1, 0.15) is 0 Å². The van der Waals surface area contributed by atoms with E-state index in [-0.39, 0.29) is 5.92 Å². The summed E-state index contributed by atoms with van der Waals surface area (Å²) in [5.74, 6) is -3.39. The highest BCUT2D eigenvalue weighted by Gasteiger charge is 2.50. The van der Waals surface area contributed by atoms with Crippen LogP contribution in [0.3, 0.4) is 0 Å². The molecule has 4 nitrogen and oxygen atoms in total. The molecule has 4 heteroatoms. The molecule has 0 aromatic carbocycles. The van der Waals surface area contributed by atoms with Crippen LogP contribution < -0.4 is 0 Å². The molecule has 0 aromatic heterocycles. The zero-order chi connectivity index (χ0) is 13.1. The Kier molecular flexibility index (Phi) is 4.54. The van der Waals surface area contributed by atoms with Crippen LogP contribution in [0.25, 0.3) is 0 Å². The van der Waals surface area contributed by atoms with Crippen LogP contribution in [0.2, 0.25) is 0 Å². The third-order valence-electron chi connectivity index (χ3n) is 4.55. The SMILES string of the molecule is CCC(CC)(C1CCCC1)C(C(=O)O)C(=O)O. The van der Waals surface area contributed by atoms with Gasteiger partial charge in [0, 0.05) is 0 Å². The lowest BCUT2D eigenvalue weighted by Gasteiger charge is -2.40. The normalized spacial score (nSPS) is 17.6. The lowest BCUT2D eigenvalue weighted by Crippen LogP contribution is -2.45. The molecule has 2 N–H and O–H groups in total. The van der Waals surface area contributed by atoms with Crippen molar-refractivity contribution >= 4 is 11.9 Å². The number of aliphatic carboxylic acids is 2. The average molecular weight is 242 g/mol. The molecule has 17 heavy (non-hydrogen) atoms. The van der Waals surface area contributed by atoms with E-state index in [1.54, 1.807) is 0 Å². The van der Waals surface area contributed by atoms with Crippen molar-refractivity contribution in [1.82, 2.24) is 0 Å². The highest BCUT2D eigenvalue weighted by Crippen LogP contribution is 2.49. The predicted octanol–water partition coefficient (Wildman–Crippen LogP) is 2.77. The first-order chi connectivity index (χ1) is 7.99. The first-order valence-corrected chi connectivity index (χ1v) is 6.45. The van der Waals surface area contributed by atoms with Gasteiger partial charge in [0.05, 0.1) is 0 Å². The van der Waals surface area contributed by atoms with E-state index in [4.69, 9.17) is 0 Å². The minimum atomic E-state index is -1.26. The van der Waals surface area contributed by atoms with Gasteiger partial charge in [0.2, 0.25) is 0 Å². The Balaban J connectivity index is 3.10. The standard InChI is InChI=1S/C13H22O4/c1-3-13(4-2,9-7-5-6-8-9)10(11(14)15)12(16)17/h9-10H,3-8H2,1-2H3,(H,14,15)(H,16,17). The molecule has 1 rings (SSSR count). The van der Waals surface area contributed by atoms with Gasteiger partial charge >= 0.3 is 11.9 Å². The summed E-state index contributed by atoms with van der Waals surface area (Å²) in [5, 5.41) is 18.4. The molecule has 0 amide bonds. The molecular weight excluding hydrogens is 220 g/mol. The summed E-state index contributed by atoms with van der Waals surface area (Å²) >= 11 is 0. The Labute approximate surface area is 102 Å². The maximum atomic E-state index is 11.3. The van der Waals surface area contributed by atoms with Crippen LogP contribution in [0.1, 0.15) is 52.4 Å². The number of hydrogen-bond acceptors (Lipinski definition) is 2. The third-order valence-corrected chi connectivity index (χ3v) is 4.55. The summed E-state index contributed by atoms with van der Waals surface area (Å²) in [6, 6.07) is 0. The van der Waals surface area contributed by atoms with Gasteiger partial charge in [-0.05, 0) is 37.0 Å². The lowest BCUT2D eigenvalue weighted by molar-refractivity contribution is -0.164. The van der Waals surface area contributed by atoms with Crippen LogP contribution in [0.15, 0.2) is 0 Å². The fraction of sp³-hybridized carbons (Fsp3) is 0.846. The van der Waals surface area contributed by atoms with Crippen LogP contribution in [0.5, 0.6) is 0 Å². The van der Waals surface area contributed by atoms with Gasteiger partial charge in [-0.2, -0.15) is 0 Å². The summed E-state index contributed by atoms with van der Waals surface area (Å²) in [7, 11) is 0. The Hall–Kier alpha value is -1.06. The minimum Gasteiger partial charge on any atom is -0.481 e. The van der Waals surface area contributed by atoms with Crippen LogP contribution in [0.4, 0.5) is 0 Å². The summed E-state index contributed by atoms with van der Waals surface area (Å²) in [5.41, 5.74) is -0.575. The highest BCUT2D eigenvalue weighted by molar-refractivity contribution is 5.94. The number of carboxylic acid groups (broad SMARTS) is 2. The Morgan fingerprint density at radius 2 is 1.53 bits per heavy atom. The summed E-state index contributed by atoms with van der Waals surface area (Å²) in [6.45, 7) is 3.83. The van der Waals surface area contributed by atoms with Gasteiger partial charge in [-0.25, -0.2) is 0 Å². The van der Waals surface area contributed by atoms with E-state index in [1.807, 2.05) is 13.8 Å². The van der Waals surface area contributed by atoms with Gasteiger partial charge in [-0.1, -0.05) is 26.7 Å². The molecule has 0 bridgehead atoms. The molecule has 1 aliphatic rings. The molecule has 0 atom stereocenters. The first-order valence-electron chi connectivity index (χ1n) is 6.45. The first kappa shape index (κ1) is 14.0. The molecule has 1 fully saturated rings. The van der Waals surface area contributed by atoms with Gasteiger partial charge in [-0.15, -0.1) is 0 Å². The van der Waals surface area contributed by atoms with Gasteiger partial charge in [-0.3, -0.25) is 9.59 Å². The van der Waals surface area contributed by atoms with Crippen LogP contribution in [0, 0.1) is 17.3 Å². The molecule has 0 saturated heterocycles. The van der Waals surface area contributed by atoms with E-state index in [0.717, 1.165) is 25.7 Å². The number of hydrogen-bond donors (Lipinski definition) is 2. The summed E-state index contributed by atoms with van der Waals surface area (Å²) in [4.78, 5) is 22.6.